The van der Waals surface area contributed by atoms with Crippen LogP contribution in [0.15, 0.2) is 65.6 Å². The molecule has 5 nitrogen and oxygen atoms in total. The van der Waals surface area contributed by atoms with Gasteiger partial charge in [-0.15, -0.1) is 11.8 Å². The Hall–Kier alpha value is -3.19. The molecule has 1 aliphatic heterocycles. The summed E-state index contributed by atoms with van der Waals surface area (Å²) in [5.41, 5.74) is 2.15. The van der Waals surface area contributed by atoms with Crippen molar-refractivity contribution in [1.29, 1.82) is 0 Å². The number of carbonyl (C=O) groups is 1. The van der Waals surface area contributed by atoms with Gasteiger partial charge in [0.15, 0.2) is 11.5 Å². The van der Waals surface area contributed by atoms with Crippen LogP contribution in [0.5, 0.6) is 17.2 Å². The Labute approximate surface area is 191 Å². The molecule has 1 aliphatic rings. The number of anilines is 1. The predicted octanol–water partition coefficient (Wildman–Crippen LogP) is 5.62. The molecule has 0 saturated carbocycles. The molecule has 1 heterocycles. The molecule has 0 aromatic heterocycles. The highest BCUT2D eigenvalue weighted by Crippen LogP contribution is 2.49. The quantitative estimate of drug-likeness (QED) is 0.485. The Morgan fingerprint density at radius 3 is 2.28 bits per heavy atom. The largest absolute Gasteiger partial charge is 0.493 e. The van der Waals surface area contributed by atoms with Crippen molar-refractivity contribution in [3.05, 3.63) is 77.6 Å². The van der Waals surface area contributed by atoms with Crippen molar-refractivity contribution >= 4 is 23.4 Å². The lowest BCUT2D eigenvalue weighted by Crippen LogP contribution is -2.30. The zero-order valence-electron chi connectivity index (χ0n) is 18.1. The van der Waals surface area contributed by atoms with Gasteiger partial charge in [0.05, 0.1) is 33.6 Å². The maximum atomic E-state index is 14.3. The van der Waals surface area contributed by atoms with Crippen LogP contribution in [0.25, 0.3) is 0 Å². The molecule has 0 aliphatic carbocycles. The molecule has 0 bridgehead atoms. The number of benzene rings is 3. The molecule has 0 spiro atoms. The van der Waals surface area contributed by atoms with Gasteiger partial charge >= 0.3 is 0 Å². The SMILES string of the molecule is COc1cc([C@H]2CC(=O)N(Cc3ccccc3F)c3ccccc3S2)cc(OC)c1OC. The molecule has 0 radical (unpaired) electrons. The van der Waals surface area contributed by atoms with Crippen molar-refractivity contribution in [3.8, 4) is 17.2 Å². The highest BCUT2D eigenvalue weighted by Gasteiger charge is 2.31. The third kappa shape index (κ3) is 4.25. The van der Waals surface area contributed by atoms with E-state index in [0.29, 0.717) is 22.8 Å². The molecule has 3 aromatic carbocycles. The number of nitrogens with zero attached hydrogens (tertiary/aromatic N) is 1. The lowest BCUT2D eigenvalue weighted by molar-refractivity contribution is -0.118. The van der Waals surface area contributed by atoms with Crippen LogP contribution in [-0.2, 0) is 11.3 Å². The van der Waals surface area contributed by atoms with E-state index in [-0.39, 0.29) is 29.9 Å². The van der Waals surface area contributed by atoms with Crippen LogP contribution in [0, 0.1) is 5.82 Å². The Morgan fingerprint density at radius 2 is 1.62 bits per heavy atom. The van der Waals surface area contributed by atoms with E-state index in [9.17, 15) is 9.18 Å². The van der Waals surface area contributed by atoms with Gasteiger partial charge in [-0.05, 0) is 35.9 Å². The summed E-state index contributed by atoms with van der Waals surface area (Å²) in [4.78, 5) is 16.0. The van der Waals surface area contributed by atoms with Gasteiger partial charge in [0.1, 0.15) is 5.82 Å². The van der Waals surface area contributed by atoms with E-state index in [1.54, 1.807) is 56.2 Å². The summed E-state index contributed by atoms with van der Waals surface area (Å²) >= 11 is 1.60. The van der Waals surface area contributed by atoms with E-state index in [2.05, 4.69) is 0 Å². The fraction of sp³-hybridized carbons (Fsp3) is 0.240. The lowest BCUT2D eigenvalue weighted by Gasteiger charge is -2.23. The maximum absolute atomic E-state index is 14.3. The van der Waals surface area contributed by atoms with Gasteiger partial charge in [-0.25, -0.2) is 4.39 Å². The fourth-order valence-electron chi connectivity index (χ4n) is 3.82. The molecular formula is C25H24FNO4S. The van der Waals surface area contributed by atoms with E-state index in [4.69, 9.17) is 14.2 Å². The number of fused-ring (bicyclic) bond motifs is 1. The average molecular weight is 454 g/mol. The van der Waals surface area contributed by atoms with E-state index >= 15 is 0 Å². The number of rotatable bonds is 6. The van der Waals surface area contributed by atoms with Crippen LogP contribution >= 0.6 is 11.8 Å². The van der Waals surface area contributed by atoms with Gasteiger partial charge in [-0.1, -0.05) is 30.3 Å². The van der Waals surface area contributed by atoms with Crippen LogP contribution < -0.4 is 19.1 Å². The molecule has 0 N–H and O–H groups in total. The number of ether oxygens (including phenoxy) is 3. The van der Waals surface area contributed by atoms with Gasteiger partial charge < -0.3 is 19.1 Å². The number of carbonyl (C=O) groups excluding carboxylic acids is 1. The molecule has 0 saturated heterocycles. The van der Waals surface area contributed by atoms with Gasteiger partial charge in [-0.3, -0.25) is 4.79 Å². The third-order valence-electron chi connectivity index (χ3n) is 5.43. The molecule has 4 rings (SSSR count). The first-order chi connectivity index (χ1) is 15.5. The molecular weight excluding hydrogens is 429 g/mol. The molecule has 7 heteroatoms. The number of halogens is 1. The lowest BCUT2D eigenvalue weighted by atomic mass is 10.1. The Kier molecular flexibility index (Phi) is 6.55. The van der Waals surface area contributed by atoms with Gasteiger partial charge in [0, 0.05) is 22.1 Å². The smallest absolute Gasteiger partial charge is 0.228 e. The molecule has 3 aromatic rings. The highest BCUT2D eigenvalue weighted by atomic mass is 32.2. The van der Waals surface area contributed by atoms with E-state index in [1.807, 2.05) is 36.4 Å². The van der Waals surface area contributed by atoms with Crippen LogP contribution in [0.4, 0.5) is 10.1 Å². The zero-order valence-corrected chi connectivity index (χ0v) is 18.9. The van der Waals surface area contributed by atoms with Crippen LogP contribution in [0.1, 0.15) is 22.8 Å². The maximum Gasteiger partial charge on any atom is 0.228 e. The van der Waals surface area contributed by atoms with E-state index in [0.717, 1.165) is 16.1 Å². The summed E-state index contributed by atoms with van der Waals surface area (Å²) in [6.45, 7) is 0.172. The summed E-state index contributed by atoms with van der Waals surface area (Å²) in [6.07, 6.45) is 0.242. The standard InChI is InChI=1S/C25H24FNO4S/c1-29-20-12-17(13-21(30-2)25(20)31-3)23-14-24(28)27(15-16-8-4-5-9-18(16)26)19-10-6-7-11-22(19)32-23/h4-13,23H,14-15H2,1-3H3/t23-/m1/s1. The summed E-state index contributed by atoms with van der Waals surface area (Å²) in [5, 5.41) is -0.178. The van der Waals surface area contributed by atoms with Crippen LogP contribution in [-0.4, -0.2) is 27.2 Å². The first kappa shape index (κ1) is 22.0. The minimum atomic E-state index is -0.323. The average Bonchev–Trinajstić information content (AvgIpc) is 2.95. The van der Waals surface area contributed by atoms with Crippen LogP contribution in [0.2, 0.25) is 0 Å². The number of hydrogen-bond donors (Lipinski definition) is 0. The van der Waals surface area contributed by atoms with Gasteiger partial charge in [-0.2, -0.15) is 0 Å². The minimum Gasteiger partial charge on any atom is -0.493 e. The summed E-state index contributed by atoms with van der Waals surface area (Å²) in [5.74, 6) is 1.18. The number of methoxy groups -OCH3 is 3. The molecule has 1 amide bonds. The van der Waals surface area contributed by atoms with Crippen molar-refractivity contribution < 1.29 is 23.4 Å². The molecule has 32 heavy (non-hydrogen) atoms. The van der Waals surface area contributed by atoms with E-state index < -0.39 is 0 Å². The second-order valence-electron chi connectivity index (χ2n) is 7.31. The Morgan fingerprint density at radius 1 is 0.969 bits per heavy atom. The van der Waals surface area contributed by atoms with Crippen LogP contribution in [0.3, 0.4) is 0 Å². The van der Waals surface area contributed by atoms with Crippen molar-refractivity contribution in [2.75, 3.05) is 26.2 Å². The molecule has 166 valence electrons. The normalized spacial score (nSPS) is 15.7. The van der Waals surface area contributed by atoms with Gasteiger partial charge in [0.2, 0.25) is 11.7 Å². The summed E-state index contributed by atoms with van der Waals surface area (Å²) in [6, 6.07) is 18.0. The third-order valence-corrected chi connectivity index (χ3v) is 6.75. The summed E-state index contributed by atoms with van der Waals surface area (Å²) in [7, 11) is 4.69. The van der Waals surface area contributed by atoms with Crippen molar-refractivity contribution in [3.63, 3.8) is 0 Å². The first-order valence-corrected chi connectivity index (χ1v) is 11.0. The fourth-order valence-corrected chi connectivity index (χ4v) is 5.08. The zero-order chi connectivity index (χ0) is 22.7. The number of hydrogen-bond acceptors (Lipinski definition) is 5. The monoisotopic (exact) mass is 453 g/mol. The Balaban J connectivity index is 1.74. The first-order valence-electron chi connectivity index (χ1n) is 10.1. The second kappa shape index (κ2) is 9.53. The summed E-state index contributed by atoms with van der Waals surface area (Å²) < 4.78 is 30.8. The second-order valence-corrected chi connectivity index (χ2v) is 8.55. The minimum absolute atomic E-state index is 0.0792. The number of amides is 1. The topological polar surface area (TPSA) is 48.0 Å². The van der Waals surface area contributed by atoms with E-state index in [1.165, 1.54) is 6.07 Å². The predicted molar refractivity (Wildman–Crippen MR) is 123 cm³/mol. The molecule has 0 fully saturated rings. The Bertz CT molecular complexity index is 1110. The number of thioether (sulfide) groups is 1. The van der Waals surface area contributed by atoms with Gasteiger partial charge in [0.25, 0.3) is 0 Å². The molecule has 1 atom stereocenters. The van der Waals surface area contributed by atoms with Crippen molar-refractivity contribution in [1.82, 2.24) is 0 Å². The van der Waals surface area contributed by atoms with Crippen molar-refractivity contribution in [2.45, 2.75) is 23.1 Å². The highest BCUT2D eigenvalue weighted by molar-refractivity contribution is 7.99. The van der Waals surface area contributed by atoms with Crippen molar-refractivity contribution in [2.24, 2.45) is 0 Å². The molecule has 0 unspecified atom stereocenters. The number of para-hydroxylation sites is 1.